The molecule has 0 aliphatic rings. The number of aromatic nitrogens is 1. The van der Waals surface area contributed by atoms with Gasteiger partial charge in [0, 0.05) is 6.20 Å². The van der Waals surface area contributed by atoms with Crippen LogP contribution in [0.1, 0.15) is 212 Å². The van der Waals surface area contributed by atoms with Gasteiger partial charge in [-0.3, -0.25) is 0 Å². The first-order valence-corrected chi connectivity index (χ1v) is 22.0. The van der Waals surface area contributed by atoms with E-state index in [1.165, 1.54) is 214 Å². The Morgan fingerprint density at radius 1 is 0.543 bits per heavy atom. The topological polar surface area (TPSA) is 60.8 Å². The number of pyridine rings is 1. The maximum atomic E-state index is 8.41. The first kappa shape index (κ1) is 43.7. The minimum Gasteiger partial charge on any atom is -0.249 e. The van der Waals surface area contributed by atoms with Crippen LogP contribution >= 0.6 is 21.6 Å². The lowest BCUT2D eigenvalue weighted by Gasteiger charge is -2.13. The van der Waals surface area contributed by atoms with Gasteiger partial charge in [0.05, 0.1) is 0 Å². The first-order chi connectivity index (χ1) is 22.9. The summed E-state index contributed by atoms with van der Waals surface area (Å²) in [5.74, 6) is 0. The summed E-state index contributed by atoms with van der Waals surface area (Å²) in [6, 6.07) is 5.82. The quantitative estimate of drug-likeness (QED) is 0.0245. The Morgan fingerprint density at radius 3 is 1.24 bits per heavy atom. The molecule has 7 heteroatoms. The molecule has 1 aromatic rings. The molecule has 0 bridgehead atoms. The highest BCUT2D eigenvalue weighted by atomic mass is 33.1. The fraction of sp³-hybridized carbons (Fsp3) is 0.872. The minimum atomic E-state index is -0.220. The molecular weight excluding hydrogens is 611 g/mol. The van der Waals surface area contributed by atoms with Crippen molar-refractivity contribution in [2.24, 2.45) is 0 Å². The lowest BCUT2D eigenvalue weighted by Crippen LogP contribution is -2.08. The van der Waals surface area contributed by atoms with E-state index >= 15 is 0 Å². The molecule has 0 saturated heterocycles. The molecule has 5 nitrogen and oxygen atoms in total. The zero-order valence-corrected chi connectivity index (χ0v) is 31.6. The van der Waals surface area contributed by atoms with Gasteiger partial charge in [-0.05, 0) is 45.8 Å². The van der Waals surface area contributed by atoms with Gasteiger partial charge in [0.2, 0.25) is 0 Å². The minimum absolute atomic E-state index is 0.220. The Kier molecular flexibility index (Phi) is 35.6. The Bertz CT molecular complexity index is 700. The van der Waals surface area contributed by atoms with Crippen molar-refractivity contribution in [2.45, 2.75) is 223 Å². The standard InChI is InChI=1S/C39H73NO4S2/c1-2-3-4-5-6-7-8-9-10-11-12-13-14-15-16-17-18-19-20-21-22-23-24-25-26-27-28-29-30-31-32-36-39(42-44-43-41)46-45-38-35-33-34-37-40-38/h33-35,37,39,41H,2-32,36H2,1H3. The van der Waals surface area contributed by atoms with Gasteiger partial charge in [0.25, 0.3) is 0 Å². The predicted octanol–water partition coefficient (Wildman–Crippen LogP) is 15.0. The van der Waals surface area contributed by atoms with E-state index in [2.05, 4.69) is 22.0 Å². The predicted molar refractivity (Wildman–Crippen MR) is 201 cm³/mol. The van der Waals surface area contributed by atoms with E-state index in [0.717, 1.165) is 17.9 Å². The Balaban J connectivity index is 1.72. The van der Waals surface area contributed by atoms with E-state index < -0.39 is 0 Å². The molecule has 0 radical (unpaired) electrons. The van der Waals surface area contributed by atoms with Crippen molar-refractivity contribution in [1.29, 1.82) is 0 Å². The van der Waals surface area contributed by atoms with Crippen LogP contribution in [-0.4, -0.2) is 15.7 Å². The lowest BCUT2D eigenvalue weighted by molar-refractivity contribution is -0.626. The Morgan fingerprint density at radius 2 is 0.913 bits per heavy atom. The fourth-order valence-electron chi connectivity index (χ4n) is 6.18. The average Bonchev–Trinajstić information content (AvgIpc) is 3.08. The number of hydrogen-bond donors (Lipinski definition) is 1. The summed E-state index contributed by atoms with van der Waals surface area (Å²) in [5, 5.41) is 17.3. The molecule has 0 spiro atoms. The van der Waals surface area contributed by atoms with Crippen LogP contribution in [-0.2, 0) is 15.0 Å². The zero-order chi connectivity index (χ0) is 32.9. The van der Waals surface area contributed by atoms with Crippen LogP contribution in [0.5, 0.6) is 0 Å². The molecule has 1 rings (SSSR count). The zero-order valence-electron chi connectivity index (χ0n) is 29.9. The molecule has 0 saturated carbocycles. The summed E-state index contributed by atoms with van der Waals surface area (Å²) >= 11 is 0. The number of hydrogen-bond acceptors (Lipinski definition) is 7. The van der Waals surface area contributed by atoms with E-state index in [9.17, 15) is 0 Å². The first-order valence-electron chi connectivity index (χ1n) is 19.7. The molecule has 270 valence electrons. The van der Waals surface area contributed by atoms with Crippen LogP contribution in [0.15, 0.2) is 29.4 Å². The third-order valence-corrected chi connectivity index (χ3v) is 11.6. The molecule has 1 heterocycles. The summed E-state index contributed by atoms with van der Waals surface area (Å²) in [4.78, 5) is 9.42. The molecule has 46 heavy (non-hydrogen) atoms. The van der Waals surface area contributed by atoms with Crippen LogP contribution < -0.4 is 0 Å². The van der Waals surface area contributed by atoms with Gasteiger partial charge >= 0.3 is 0 Å². The van der Waals surface area contributed by atoms with E-state index in [-0.39, 0.29) is 5.44 Å². The second kappa shape index (κ2) is 37.5. The SMILES string of the molecule is CCCCCCCCCCCCCCCCCCCCCCCCCCCCCCCCCC(OOOO)SSc1ccccn1. The largest absolute Gasteiger partial charge is 0.249 e. The molecule has 1 aromatic heterocycles. The lowest BCUT2D eigenvalue weighted by atomic mass is 10.0. The van der Waals surface area contributed by atoms with E-state index in [1.807, 2.05) is 18.2 Å². The smallest absolute Gasteiger partial charge is 0.152 e. The second-order valence-corrected chi connectivity index (χ2v) is 15.8. The summed E-state index contributed by atoms with van der Waals surface area (Å²) in [6.07, 6.45) is 46.5. The molecule has 1 N–H and O–H groups in total. The molecule has 0 fully saturated rings. The molecule has 0 amide bonds. The maximum Gasteiger partial charge on any atom is 0.152 e. The van der Waals surface area contributed by atoms with Gasteiger partial charge in [-0.2, -0.15) is 4.89 Å². The normalized spacial score (nSPS) is 12.2. The van der Waals surface area contributed by atoms with Gasteiger partial charge in [-0.15, -0.1) is 0 Å². The van der Waals surface area contributed by atoms with Crippen LogP contribution in [0.4, 0.5) is 0 Å². The Labute approximate surface area is 293 Å². The molecule has 0 aromatic carbocycles. The summed E-state index contributed by atoms with van der Waals surface area (Å²) in [6.45, 7) is 2.30. The van der Waals surface area contributed by atoms with Crippen molar-refractivity contribution in [3.05, 3.63) is 24.4 Å². The molecule has 0 aliphatic carbocycles. The molecular formula is C39H73NO4S2. The third-order valence-electron chi connectivity index (χ3n) is 9.10. The monoisotopic (exact) mass is 683 g/mol. The maximum absolute atomic E-state index is 8.41. The molecule has 0 aliphatic heterocycles. The van der Waals surface area contributed by atoms with Crippen molar-refractivity contribution < 1.29 is 20.2 Å². The Hall–Kier alpha value is -0.310. The van der Waals surface area contributed by atoms with Gasteiger partial charge in [-0.25, -0.2) is 10.2 Å². The van der Waals surface area contributed by atoms with Gasteiger partial charge < -0.3 is 0 Å². The van der Waals surface area contributed by atoms with Crippen molar-refractivity contribution in [2.75, 3.05) is 0 Å². The van der Waals surface area contributed by atoms with E-state index in [4.69, 9.17) is 10.1 Å². The van der Waals surface area contributed by atoms with E-state index in [0.29, 0.717) is 0 Å². The van der Waals surface area contributed by atoms with E-state index in [1.54, 1.807) is 6.20 Å². The number of rotatable bonds is 38. The summed E-state index contributed by atoms with van der Waals surface area (Å²) < 4.78 is 0. The summed E-state index contributed by atoms with van der Waals surface area (Å²) in [5.41, 5.74) is -0.220. The number of unbranched alkanes of at least 4 members (excludes halogenated alkanes) is 30. The summed E-state index contributed by atoms with van der Waals surface area (Å²) in [7, 11) is 3.06. The van der Waals surface area contributed by atoms with Gasteiger partial charge in [0.15, 0.2) is 5.44 Å². The second-order valence-electron chi connectivity index (χ2n) is 13.4. The van der Waals surface area contributed by atoms with Crippen LogP contribution in [0.3, 0.4) is 0 Å². The van der Waals surface area contributed by atoms with Crippen molar-refractivity contribution in [1.82, 2.24) is 4.98 Å². The molecule has 1 unspecified atom stereocenters. The van der Waals surface area contributed by atoms with Crippen molar-refractivity contribution >= 4 is 21.6 Å². The highest BCUT2D eigenvalue weighted by molar-refractivity contribution is 8.76. The van der Waals surface area contributed by atoms with Crippen molar-refractivity contribution in [3.8, 4) is 0 Å². The van der Waals surface area contributed by atoms with Crippen molar-refractivity contribution in [3.63, 3.8) is 0 Å². The molecule has 1 atom stereocenters. The fourth-order valence-corrected chi connectivity index (χ4v) is 8.25. The highest BCUT2D eigenvalue weighted by Crippen LogP contribution is 2.36. The van der Waals surface area contributed by atoms with Crippen LogP contribution in [0.25, 0.3) is 0 Å². The highest BCUT2D eigenvalue weighted by Gasteiger charge is 2.13. The third kappa shape index (κ3) is 32.2. The van der Waals surface area contributed by atoms with Crippen LogP contribution in [0.2, 0.25) is 0 Å². The number of nitrogens with zero attached hydrogens (tertiary/aromatic N) is 1. The van der Waals surface area contributed by atoms with Gasteiger partial charge in [0.1, 0.15) is 5.03 Å². The van der Waals surface area contributed by atoms with Gasteiger partial charge in [-0.1, -0.05) is 216 Å². The van der Waals surface area contributed by atoms with Crippen LogP contribution in [0, 0.1) is 0 Å². The average molecular weight is 684 g/mol.